The first-order chi connectivity index (χ1) is 8.68. The second-order valence-corrected chi connectivity index (χ2v) is 5.15. The average molecular weight is 247 g/mol. The van der Waals surface area contributed by atoms with Crippen LogP contribution >= 0.6 is 0 Å². The second kappa shape index (κ2) is 6.01. The van der Waals surface area contributed by atoms with Crippen LogP contribution in [-0.4, -0.2) is 17.1 Å². The first-order valence-corrected chi connectivity index (χ1v) is 6.72. The Labute approximate surface area is 108 Å². The molecule has 1 aromatic rings. The van der Waals surface area contributed by atoms with Crippen molar-refractivity contribution in [3.63, 3.8) is 0 Å². The quantitative estimate of drug-likeness (QED) is 0.804. The predicted octanol–water partition coefficient (Wildman–Crippen LogP) is 2.12. The molecule has 18 heavy (non-hydrogen) atoms. The molecule has 2 unspecified atom stereocenters. The standard InChI is InChI=1S/C15H21NO2/c16-15(18)10-11-6-4-5-7-12(11)13-8-2-1-3-9-14(13)17/h4-7,13-14,17H,1-3,8-10H2,(H2,16,18). The van der Waals surface area contributed by atoms with Crippen molar-refractivity contribution in [2.45, 2.75) is 50.5 Å². The summed E-state index contributed by atoms with van der Waals surface area (Å²) in [5, 5.41) is 10.2. The fourth-order valence-corrected chi connectivity index (χ4v) is 2.90. The minimum absolute atomic E-state index is 0.156. The van der Waals surface area contributed by atoms with Gasteiger partial charge >= 0.3 is 0 Å². The van der Waals surface area contributed by atoms with Crippen molar-refractivity contribution >= 4 is 5.91 Å². The minimum Gasteiger partial charge on any atom is -0.392 e. The molecule has 3 nitrogen and oxygen atoms in total. The second-order valence-electron chi connectivity index (χ2n) is 5.15. The van der Waals surface area contributed by atoms with Crippen molar-refractivity contribution in [3.8, 4) is 0 Å². The van der Waals surface area contributed by atoms with Gasteiger partial charge in [0.15, 0.2) is 0 Å². The van der Waals surface area contributed by atoms with E-state index >= 15 is 0 Å². The zero-order chi connectivity index (χ0) is 13.0. The smallest absolute Gasteiger partial charge is 0.221 e. The third-order valence-electron chi connectivity index (χ3n) is 3.80. The third kappa shape index (κ3) is 3.10. The minimum atomic E-state index is -0.314. The molecule has 0 heterocycles. The number of aliphatic hydroxyl groups excluding tert-OH is 1. The van der Waals surface area contributed by atoms with E-state index in [0.29, 0.717) is 0 Å². The highest BCUT2D eigenvalue weighted by Crippen LogP contribution is 2.33. The third-order valence-corrected chi connectivity index (χ3v) is 3.80. The van der Waals surface area contributed by atoms with Crippen molar-refractivity contribution in [1.29, 1.82) is 0 Å². The molecule has 0 bridgehead atoms. The molecule has 2 atom stereocenters. The van der Waals surface area contributed by atoms with Gasteiger partial charge in [-0.15, -0.1) is 0 Å². The number of primary amides is 1. The van der Waals surface area contributed by atoms with Gasteiger partial charge in [0.1, 0.15) is 0 Å². The van der Waals surface area contributed by atoms with Crippen LogP contribution in [0.3, 0.4) is 0 Å². The molecule has 0 spiro atoms. The molecule has 1 amide bonds. The lowest BCUT2D eigenvalue weighted by Gasteiger charge is -2.23. The molecule has 0 aromatic heterocycles. The Morgan fingerprint density at radius 3 is 2.72 bits per heavy atom. The first kappa shape index (κ1) is 13.1. The Balaban J connectivity index is 2.27. The number of nitrogens with two attached hydrogens (primary N) is 1. The van der Waals surface area contributed by atoms with Gasteiger partial charge in [0.25, 0.3) is 0 Å². The van der Waals surface area contributed by atoms with Gasteiger partial charge in [-0.3, -0.25) is 4.79 Å². The van der Waals surface area contributed by atoms with E-state index in [1.807, 2.05) is 24.3 Å². The van der Waals surface area contributed by atoms with Crippen molar-refractivity contribution in [3.05, 3.63) is 35.4 Å². The summed E-state index contributed by atoms with van der Waals surface area (Å²) in [6.07, 6.45) is 5.25. The van der Waals surface area contributed by atoms with Crippen molar-refractivity contribution < 1.29 is 9.90 Å². The molecular formula is C15H21NO2. The van der Waals surface area contributed by atoms with Crippen molar-refractivity contribution in [1.82, 2.24) is 0 Å². The molecule has 1 aliphatic rings. The molecule has 2 rings (SSSR count). The van der Waals surface area contributed by atoms with Crippen LogP contribution in [0.1, 0.15) is 49.1 Å². The van der Waals surface area contributed by atoms with Gasteiger partial charge in [0.2, 0.25) is 5.91 Å². The Bertz CT molecular complexity index is 417. The van der Waals surface area contributed by atoms with E-state index < -0.39 is 0 Å². The largest absolute Gasteiger partial charge is 0.392 e. The van der Waals surface area contributed by atoms with Gasteiger partial charge in [-0.25, -0.2) is 0 Å². The van der Waals surface area contributed by atoms with Crippen LogP contribution in [0, 0.1) is 0 Å². The number of hydrogen-bond acceptors (Lipinski definition) is 2. The number of hydrogen-bond donors (Lipinski definition) is 2. The van der Waals surface area contributed by atoms with Crippen LogP contribution < -0.4 is 5.73 Å². The summed E-state index contributed by atoms with van der Waals surface area (Å²) < 4.78 is 0. The summed E-state index contributed by atoms with van der Waals surface area (Å²) in [4.78, 5) is 11.1. The molecule has 1 fully saturated rings. The maximum absolute atomic E-state index is 11.1. The van der Waals surface area contributed by atoms with Crippen LogP contribution in [0.2, 0.25) is 0 Å². The molecule has 1 aliphatic carbocycles. The van der Waals surface area contributed by atoms with Gasteiger partial charge in [-0.2, -0.15) is 0 Å². The summed E-state index contributed by atoms with van der Waals surface area (Å²) in [7, 11) is 0. The van der Waals surface area contributed by atoms with E-state index in [-0.39, 0.29) is 24.3 Å². The number of carbonyl (C=O) groups excluding carboxylic acids is 1. The summed E-state index contributed by atoms with van der Waals surface area (Å²) in [6.45, 7) is 0. The van der Waals surface area contributed by atoms with E-state index in [0.717, 1.165) is 36.8 Å². The fourth-order valence-electron chi connectivity index (χ4n) is 2.90. The highest BCUT2D eigenvalue weighted by Gasteiger charge is 2.25. The predicted molar refractivity (Wildman–Crippen MR) is 71.2 cm³/mol. The lowest BCUT2D eigenvalue weighted by Crippen LogP contribution is -2.21. The molecule has 3 N–H and O–H groups in total. The SMILES string of the molecule is NC(=O)Cc1ccccc1C1CCCCCC1O. The van der Waals surface area contributed by atoms with Crippen molar-refractivity contribution in [2.24, 2.45) is 5.73 Å². The van der Waals surface area contributed by atoms with E-state index in [2.05, 4.69) is 0 Å². The highest BCUT2D eigenvalue weighted by molar-refractivity contribution is 5.77. The Morgan fingerprint density at radius 2 is 1.94 bits per heavy atom. The Morgan fingerprint density at radius 1 is 1.22 bits per heavy atom. The molecule has 1 aromatic carbocycles. The molecule has 0 saturated heterocycles. The molecule has 3 heteroatoms. The van der Waals surface area contributed by atoms with Gasteiger partial charge in [-0.05, 0) is 24.0 Å². The van der Waals surface area contributed by atoms with Crippen LogP contribution in [0.15, 0.2) is 24.3 Å². The monoisotopic (exact) mass is 247 g/mol. The van der Waals surface area contributed by atoms with Crippen LogP contribution in [0.25, 0.3) is 0 Å². The normalized spacial score (nSPS) is 24.5. The van der Waals surface area contributed by atoms with E-state index in [4.69, 9.17) is 5.73 Å². The molecule has 1 saturated carbocycles. The lowest BCUT2D eigenvalue weighted by molar-refractivity contribution is -0.117. The topological polar surface area (TPSA) is 63.3 Å². The summed E-state index contributed by atoms with van der Waals surface area (Å²) in [5.74, 6) is -0.159. The van der Waals surface area contributed by atoms with Gasteiger partial charge in [-0.1, -0.05) is 43.5 Å². The van der Waals surface area contributed by atoms with E-state index in [9.17, 15) is 9.90 Å². The van der Waals surface area contributed by atoms with Gasteiger partial charge < -0.3 is 10.8 Å². The van der Waals surface area contributed by atoms with Crippen LogP contribution in [0.4, 0.5) is 0 Å². The maximum atomic E-state index is 11.1. The van der Waals surface area contributed by atoms with Crippen LogP contribution in [-0.2, 0) is 11.2 Å². The number of benzene rings is 1. The number of amides is 1. The number of carbonyl (C=O) groups is 1. The Hall–Kier alpha value is -1.35. The summed E-state index contributed by atoms with van der Waals surface area (Å²) in [5.41, 5.74) is 7.36. The fraction of sp³-hybridized carbons (Fsp3) is 0.533. The summed E-state index contributed by atoms with van der Waals surface area (Å²) in [6, 6.07) is 7.86. The van der Waals surface area contributed by atoms with Crippen LogP contribution in [0.5, 0.6) is 0 Å². The average Bonchev–Trinajstić information content (AvgIpc) is 2.54. The van der Waals surface area contributed by atoms with E-state index in [1.54, 1.807) is 0 Å². The Kier molecular flexibility index (Phi) is 4.37. The maximum Gasteiger partial charge on any atom is 0.221 e. The summed E-state index contributed by atoms with van der Waals surface area (Å²) >= 11 is 0. The molecular weight excluding hydrogens is 226 g/mol. The zero-order valence-corrected chi connectivity index (χ0v) is 10.6. The number of aliphatic hydroxyl groups is 1. The molecule has 98 valence electrons. The van der Waals surface area contributed by atoms with Crippen molar-refractivity contribution in [2.75, 3.05) is 0 Å². The zero-order valence-electron chi connectivity index (χ0n) is 10.6. The number of rotatable bonds is 3. The van der Waals surface area contributed by atoms with Gasteiger partial charge in [0.05, 0.1) is 12.5 Å². The molecule has 0 aliphatic heterocycles. The van der Waals surface area contributed by atoms with Gasteiger partial charge in [0, 0.05) is 5.92 Å². The first-order valence-electron chi connectivity index (χ1n) is 6.72. The highest BCUT2D eigenvalue weighted by atomic mass is 16.3. The molecule has 0 radical (unpaired) electrons. The lowest BCUT2D eigenvalue weighted by atomic mass is 9.85. The van der Waals surface area contributed by atoms with E-state index in [1.165, 1.54) is 6.42 Å².